The Hall–Kier alpha value is -2.04. The number of halogens is 1. The second kappa shape index (κ2) is 9.84. The number of nitrogens with zero attached hydrogens (tertiary/aromatic N) is 3. The van der Waals surface area contributed by atoms with Crippen LogP contribution in [0.15, 0.2) is 41.8 Å². The van der Waals surface area contributed by atoms with Gasteiger partial charge in [-0.15, -0.1) is 0 Å². The quantitative estimate of drug-likeness (QED) is 0.590. The number of likely N-dealkylation sites (N-methyl/N-ethyl adjacent to an activating group) is 1. The van der Waals surface area contributed by atoms with Gasteiger partial charge in [0, 0.05) is 35.7 Å². The molecule has 162 valence electrons. The molecule has 30 heavy (non-hydrogen) atoms. The van der Waals surface area contributed by atoms with E-state index in [-0.39, 0.29) is 41.7 Å². The van der Waals surface area contributed by atoms with Crippen molar-refractivity contribution in [1.29, 1.82) is 0 Å². The van der Waals surface area contributed by atoms with E-state index in [0.717, 1.165) is 5.69 Å². The maximum absolute atomic E-state index is 12.6. The van der Waals surface area contributed by atoms with Crippen LogP contribution in [0.1, 0.15) is 13.3 Å². The molecular weight excluding hydrogens is 448 g/mol. The van der Waals surface area contributed by atoms with Gasteiger partial charge in [0.15, 0.2) is 15.0 Å². The highest BCUT2D eigenvalue weighted by Gasteiger charge is 2.29. The van der Waals surface area contributed by atoms with E-state index in [0.29, 0.717) is 23.1 Å². The zero-order valence-corrected chi connectivity index (χ0v) is 18.8. The fourth-order valence-corrected chi connectivity index (χ4v) is 5.82. The highest BCUT2D eigenvalue weighted by molar-refractivity contribution is 7.99. The highest BCUT2D eigenvalue weighted by atomic mass is 35.5. The van der Waals surface area contributed by atoms with Gasteiger partial charge in [-0.2, -0.15) is 0 Å². The molecule has 3 rings (SSSR count). The molecule has 1 aliphatic heterocycles. The minimum atomic E-state index is -3.07. The van der Waals surface area contributed by atoms with Crippen LogP contribution in [0.4, 0.5) is 0 Å². The summed E-state index contributed by atoms with van der Waals surface area (Å²) in [5.74, 6) is -0.362. The Morgan fingerprint density at radius 3 is 2.70 bits per heavy atom. The van der Waals surface area contributed by atoms with Gasteiger partial charge in [-0.25, -0.2) is 13.4 Å². The summed E-state index contributed by atoms with van der Waals surface area (Å²) in [6.07, 6.45) is 3.87. The first-order valence-corrected chi connectivity index (χ1v) is 12.7. The SMILES string of the molecule is CCN(CC(=O)N[C@H]1CCS(=O)(=O)C1)C(=O)CSc1nccn1-c1ccc(Cl)cc1. The fraction of sp³-hybridized carbons (Fsp3) is 0.421. The smallest absolute Gasteiger partial charge is 0.239 e. The van der Waals surface area contributed by atoms with E-state index >= 15 is 0 Å². The number of carbonyl (C=O) groups excluding carboxylic acids is 2. The second-order valence-corrected chi connectivity index (χ2v) is 10.5. The number of carbonyl (C=O) groups is 2. The van der Waals surface area contributed by atoms with Crippen molar-refractivity contribution in [2.45, 2.75) is 24.5 Å². The van der Waals surface area contributed by atoms with Gasteiger partial charge >= 0.3 is 0 Å². The maximum Gasteiger partial charge on any atom is 0.239 e. The van der Waals surface area contributed by atoms with Crippen LogP contribution in [-0.2, 0) is 19.4 Å². The summed E-state index contributed by atoms with van der Waals surface area (Å²) >= 11 is 7.21. The van der Waals surface area contributed by atoms with Crippen LogP contribution in [0.25, 0.3) is 5.69 Å². The summed E-state index contributed by atoms with van der Waals surface area (Å²) in [6.45, 7) is 2.07. The molecule has 8 nitrogen and oxygen atoms in total. The fourth-order valence-electron chi connectivity index (χ4n) is 3.14. The Morgan fingerprint density at radius 1 is 1.33 bits per heavy atom. The molecule has 2 amide bonds. The van der Waals surface area contributed by atoms with Crippen LogP contribution in [0.2, 0.25) is 5.02 Å². The van der Waals surface area contributed by atoms with E-state index in [4.69, 9.17) is 11.6 Å². The molecule has 1 fully saturated rings. The van der Waals surface area contributed by atoms with E-state index in [1.54, 1.807) is 31.5 Å². The number of hydrogen-bond donors (Lipinski definition) is 1. The van der Waals surface area contributed by atoms with Gasteiger partial charge in [-0.1, -0.05) is 23.4 Å². The lowest BCUT2D eigenvalue weighted by Gasteiger charge is -2.21. The zero-order chi connectivity index (χ0) is 21.7. The van der Waals surface area contributed by atoms with Crippen LogP contribution in [-0.4, -0.2) is 71.1 Å². The number of sulfone groups is 1. The molecule has 0 saturated carbocycles. The van der Waals surface area contributed by atoms with E-state index < -0.39 is 9.84 Å². The third kappa shape index (κ3) is 5.99. The van der Waals surface area contributed by atoms with Gasteiger partial charge in [0.05, 0.1) is 23.8 Å². The molecule has 0 spiro atoms. The molecule has 1 N–H and O–H groups in total. The summed E-state index contributed by atoms with van der Waals surface area (Å²) in [4.78, 5) is 30.6. The van der Waals surface area contributed by atoms with Gasteiger partial charge in [0.2, 0.25) is 11.8 Å². The lowest BCUT2D eigenvalue weighted by atomic mass is 10.2. The number of rotatable bonds is 8. The van der Waals surface area contributed by atoms with Crippen molar-refractivity contribution in [3.8, 4) is 5.69 Å². The molecule has 1 atom stereocenters. The lowest BCUT2D eigenvalue weighted by Crippen LogP contribution is -2.45. The van der Waals surface area contributed by atoms with Crippen molar-refractivity contribution in [3.63, 3.8) is 0 Å². The van der Waals surface area contributed by atoms with Gasteiger partial charge in [0.25, 0.3) is 0 Å². The predicted octanol–water partition coefficient (Wildman–Crippen LogP) is 1.77. The first kappa shape index (κ1) is 22.6. The van der Waals surface area contributed by atoms with Crippen LogP contribution >= 0.6 is 23.4 Å². The number of amides is 2. The molecule has 1 aromatic heterocycles. The summed E-state index contributed by atoms with van der Waals surface area (Å²) in [7, 11) is -3.07. The Bertz CT molecular complexity index is 1010. The monoisotopic (exact) mass is 470 g/mol. The number of benzene rings is 1. The van der Waals surface area contributed by atoms with Crippen molar-refractivity contribution in [2.24, 2.45) is 0 Å². The standard InChI is InChI=1S/C19H23ClN4O4S2/c1-2-23(11-17(25)22-15-7-10-30(27,28)13-15)18(26)12-29-19-21-8-9-24(19)16-5-3-14(20)4-6-16/h3-6,8-9,15H,2,7,10-13H2,1H3,(H,22,25)/t15-/m0/s1. The summed E-state index contributed by atoms with van der Waals surface area (Å²) in [6, 6.07) is 6.91. The van der Waals surface area contributed by atoms with E-state index in [2.05, 4.69) is 10.3 Å². The molecule has 11 heteroatoms. The van der Waals surface area contributed by atoms with Crippen LogP contribution in [0.3, 0.4) is 0 Å². The number of nitrogens with one attached hydrogen (secondary N) is 1. The largest absolute Gasteiger partial charge is 0.351 e. The Kier molecular flexibility index (Phi) is 7.43. The van der Waals surface area contributed by atoms with Gasteiger partial charge in [-0.3, -0.25) is 14.2 Å². The normalized spacial score (nSPS) is 17.6. The van der Waals surface area contributed by atoms with Crippen molar-refractivity contribution in [1.82, 2.24) is 19.8 Å². The van der Waals surface area contributed by atoms with Crippen LogP contribution in [0.5, 0.6) is 0 Å². The number of thioether (sulfide) groups is 1. The van der Waals surface area contributed by atoms with Crippen LogP contribution < -0.4 is 5.32 Å². The molecule has 1 saturated heterocycles. The van der Waals surface area contributed by atoms with Crippen molar-refractivity contribution in [3.05, 3.63) is 41.7 Å². The first-order valence-electron chi connectivity index (χ1n) is 9.47. The minimum absolute atomic E-state index is 0.0397. The molecule has 2 aromatic rings. The molecule has 0 aliphatic carbocycles. The Balaban J connectivity index is 1.54. The van der Waals surface area contributed by atoms with E-state index in [1.807, 2.05) is 16.7 Å². The lowest BCUT2D eigenvalue weighted by molar-refractivity contribution is -0.134. The van der Waals surface area contributed by atoms with Gasteiger partial charge < -0.3 is 10.2 Å². The number of imidazole rings is 1. The molecule has 0 bridgehead atoms. The summed E-state index contributed by atoms with van der Waals surface area (Å²) < 4.78 is 24.9. The summed E-state index contributed by atoms with van der Waals surface area (Å²) in [5, 5.41) is 4.00. The molecule has 1 aromatic carbocycles. The minimum Gasteiger partial charge on any atom is -0.351 e. The molecule has 0 radical (unpaired) electrons. The zero-order valence-electron chi connectivity index (χ0n) is 16.5. The summed E-state index contributed by atoms with van der Waals surface area (Å²) in [5.41, 5.74) is 0.880. The topological polar surface area (TPSA) is 101 Å². The Morgan fingerprint density at radius 2 is 2.07 bits per heavy atom. The van der Waals surface area contributed by atoms with E-state index in [9.17, 15) is 18.0 Å². The first-order chi connectivity index (χ1) is 14.3. The molecule has 0 unspecified atom stereocenters. The van der Waals surface area contributed by atoms with Crippen molar-refractivity contribution < 1.29 is 18.0 Å². The third-order valence-electron chi connectivity index (χ3n) is 4.70. The number of aromatic nitrogens is 2. The van der Waals surface area contributed by atoms with Gasteiger partial charge in [0.1, 0.15) is 0 Å². The average molecular weight is 471 g/mol. The van der Waals surface area contributed by atoms with E-state index in [1.165, 1.54) is 16.7 Å². The predicted molar refractivity (Wildman–Crippen MR) is 117 cm³/mol. The Labute approximate surface area is 184 Å². The van der Waals surface area contributed by atoms with Crippen molar-refractivity contribution in [2.75, 3.05) is 30.3 Å². The average Bonchev–Trinajstić information content (AvgIpc) is 3.30. The van der Waals surface area contributed by atoms with Crippen LogP contribution in [0, 0.1) is 0 Å². The second-order valence-electron chi connectivity index (χ2n) is 6.92. The molecular formula is C19H23ClN4O4S2. The van der Waals surface area contributed by atoms with Crippen molar-refractivity contribution >= 4 is 45.0 Å². The highest BCUT2D eigenvalue weighted by Crippen LogP contribution is 2.22. The third-order valence-corrected chi connectivity index (χ3v) is 7.67. The molecule has 1 aliphatic rings. The van der Waals surface area contributed by atoms with Gasteiger partial charge in [-0.05, 0) is 37.6 Å². The molecule has 2 heterocycles. The number of hydrogen-bond acceptors (Lipinski definition) is 6. The maximum atomic E-state index is 12.6.